The number of ketones is 1. The van der Waals surface area contributed by atoms with Crippen molar-refractivity contribution in [2.24, 2.45) is 5.92 Å². The van der Waals surface area contributed by atoms with Crippen LogP contribution in [0, 0.1) is 5.92 Å². The van der Waals surface area contributed by atoms with Crippen LogP contribution in [0.15, 0.2) is 0 Å². The molecule has 2 nitrogen and oxygen atoms in total. The summed E-state index contributed by atoms with van der Waals surface area (Å²) in [4.78, 5) is 10.7. The third kappa shape index (κ3) is 2.97. The Balaban J connectivity index is 1.88. The van der Waals surface area contributed by atoms with Crippen LogP contribution in [-0.4, -0.2) is 19.0 Å². The third-order valence-corrected chi connectivity index (χ3v) is 1.71. The summed E-state index contributed by atoms with van der Waals surface area (Å²) in [5.41, 5.74) is 0. The quantitative estimate of drug-likeness (QED) is 0.580. The minimum absolute atomic E-state index is 0.209. The molecule has 0 bridgehead atoms. The van der Waals surface area contributed by atoms with Crippen LogP contribution in [0.2, 0.25) is 0 Å². The number of hydrogen-bond acceptors (Lipinski definition) is 2. The van der Waals surface area contributed by atoms with Crippen molar-refractivity contribution in [3.63, 3.8) is 0 Å². The zero-order chi connectivity index (χ0) is 7.40. The van der Waals surface area contributed by atoms with E-state index in [2.05, 4.69) is 0 Å². The fraction of sp³-hybridized carbons (Fsp3) is 0.875. The Hall–Kier alpha value is -0.370. The molecule has 10 heavy (non-hydrogen) atoms. The molecule has 1 fully saturated rings. The van der Waals surface area contributed by atoms with E-state index < -0.39 is 0 Å². The Morgan fingerprint density at radius 1 is 1.60 bits per heavy atom. The zero-order valence-corrected chi connectivity index (χ0v) is 6.43. The van der Waals surface area contributed by atoms with Crippen molar-refractivity contribution < 1.29 is 9.53 Å². The summed E-state index contributed by atoms with van der Waals surface area (Å²) in [5, 5.41) is 0. The second-order valence-electron chi connectivity index (χ2n) is 2.85. The molecule has 0 amide bonds. The van der Waals surface area contributed by atoms with E-state index in [-0.39, 0.29) is 5.78 Å². The van der Waals surface area contributed by atoms with E-state index in [9.17, 15) is 4.79 Å². The minimum Gasteiger partial charge on any atom is -0.373 e. The SMILES string of the molecule is CCC(=O)COCC1CC1. The highest BCUT2D eigenvalue weighted by Gasteiger charge is 2.21. The number of Topliss-reactive ketones (excluding diaryl/α,β-unsaturated/α-hetero) is 1. The monoisotopic (exact) mass is 142 g/mol. The molecular weight excluding hydrogens is 128 g/mol. The summed E-state index contributed by atoms with van der Waals surface area (Å²) in [6.07, 6.45) is 3.19. The van der Waals surface area contributed by atoms with Gasteiger partial charge in [-0.15, -0.1) is 0 Å². The Labute approximate surface area is 61.6 Å². The molecule has 0 aliphatic heterocycles. The summed E-state index contributed by atoms with van der Waals surface area (Å²) < 4.78 is 5.16. The molecule has 0 spiro atoms. The largest absolute Gasteiger partial charge is 0.373 e. The van der Waals surface area contributed by atoms with Gasteiger partial charge in [0.15, 0.2) is 5.78 Å². The van der Waals surface area contributed by atoms with Crippen molar-refractivity contribution in [1.82, 2.24) is 0 Å². The summed E-state index contributed by atoms with van der Waals surface area (Å²) in [6.45, 7) is 2.99. The molecule has 0 unspecified atom stereocenters. The summed E-state index contributed by atoms with van der Waals surface area (Å²) in [6, 6.07) is 0. The van der Waals surface area contributed by atoms with Gasteiger partial charge in [0.1, 0.15) is 6.61 Å². The van der Waals surface area contributed by atoms with Crippen LogP contribution in [0.1, 0.15) is 26.2 Å². The van der Waals surface area contributed by atoms with Crippen molar-refractivity contribution in [2.45, 2.75) is 26.2 Å². The summed E-state index contributed by atoms with van der Waals surface area (Å²) in [5.74, 6) is 0.977. The van der Waals surface area contributed by atoms with Crippen LogP contribution >= 0.6 is 0 Å². The first kappa shape index (κ1) is 7.73. The van der Waals surface area contributed by atoms with Gasteiger partial charge in [0, 0.05) is 13.0 Å². The first-order valence-corrected chi connectivity index (χ1v) is 3.92. The van der Waals surface area contributed by atoms with Crippen LogP contribution in [0.5, 0.6) is 0 Å². The maximum Gasteiger partial charge on any atom is 0.158 e. The summed E-state index contributed by atoms with van der Waals surface area (Å²) >= 11 is 0. The molecule has 0 N–H and O–H groups in total. The number of hydrogen-bond donors (Lipinski definition) is 0. The predicted molar refractivity (Wildman–Crippen MR) is 38.8 cm³/mol. The van der Waals surface area contributed by atoms with E-state index in [0.717, 1.165) is 12.5 Å². The van der Waals surface area contributed by atoms with Gasteiger partial charge in [-0.2, -0.15) is 0 Å². The van der Waals surface area contributed by atoms with Crippen LogP contribution in [0.25, 0.3) is 0 Å². The molecule has 0 radical (unpaired) electrons. The Morgan fingerprint density at radius 2 is 2.30 bits per heavy atom. The Morgan fingerprint density at radius 3 is 2.80 bits per heavy atom. The fourth-order valence-corrected chi connectivity index (χ4v) is 0.726. The van der Waals surface area contributed by atoms with E-state index in [1.807, 2.05) is 6.92 Å². The maximum atomic E-state index is 10.7. The molecule has 0 aromatic carbocycles. The molecule has 0 aromatic heterocycles. The summed E-state index contributed by atoms with van der Waals surface area (Å²) in [7, 11) is 0. The van der Waals surface area contributed by atoms with Crippen molar-refractivity contribution >= 4 is 5.78 Å². The molecule has 1 aliphatic rings. The Kier molecular flexibility index (Phi) is 2.87. The van der Waals surface area contributed by atoms with Gasteiger partial charge >= 0.3 is 0 Å². The average Bonchev–Trinajstić information content (AvgIpc) is 2.71. The minimum atomic E-state index is 0.209. The average molecular weight is 142 g/mol. The molecule has 0 atom stereocenters. The maximum absolute atomic E-state index is 10.7. The van der Waals surface area contributed by atoms with Crippen LogP contribution in [-0.2, 0) is 9.53 Å². The van der Waals surface area contributed by atoms with Gasteiger partial charge in [0.2, 0.25) is 0 Å². The van der Waals surface area contributed by atoms with E-state index in [4.69, 9.17) is 4.74 Å². The molecule has 0 saturated heterocycles. The predicted octanol–water partition coefficient (Wildman–Crippen LogP) is 1.39. The number of carbonyl (C=O) groups is 1. The number of carbonyl (C=O) groups excluding carboxylic acids is 1. The highest BCUT2D eigenvalue weighted by atomic mass is 16.5. The van der Waals surface area contributed by atoms with Crippen LogP contribution in [0.4, 0.5) is 0 Å². The fourth-order valence-electron chi connectivity index (χ4n) is 0.726. The smallest absolute Gasteiger partial charge is 0.158 e. The molecule has 0 heterocycles. The molecular formula is C8H14O2. The molecule has 1 rings (SSSR count). The van der Waals surface area contributed by atoms with E-state index >= 15 is 0 Å². The topological polar surface area (TPSA) is 26.3 Å². The molecule has 0 aromatic rings. The third-order valence-electron chi connectivity index (χ3n) is 1.71. The lowest BCUT2D eigenvalue weighted by molar-refractivity contribution is -0.123. The Bertz CT molecular complexity index is 116. The van der Waals surface area contributed by atoms with Gasteiger partial charge < -0.3 is 4.74 Å². The molecule has 2 heteroatoms. The van der Waals surface area contributed by atoms with E-state index in [1.54, 1.807) is 0 Å². The second-order valence-corrected chi connectivity index (χ2v) is 2.85. The molecule has 1 aliphatic carbocycles. The van der Waals surface area contributed by atoms with Crippen molar-refractivity contribution in [1.29, 1.82) is 0 Å². The molecule has 1 saturated carbocycles. The van der Waals surface area contributed by atoms with Crippen molar-refractivity contribution in [3.8, 4) is 0 Å². The lowest BCUT2D eigenvalue weighted by Gasteiger charge is -1.98. The standard InChI is InChI=1S/C8H14O2/c1-2-8(9)6-10-5-7-3-4-7/h7H,2-6H2,1H3. The highest BCUT2D eigenvalue weighted by Crippen LogP contribution is 2.28. The van der Waals surface area contributed by atoms with Gasteiger partial charge in [0.05, 0.1) is 0 Å². The van der Waals surface area contributed by atoms with Crippen LogP contribution in [0.3, 0.4) is 0 Å². The van der Waals surface area contributed by atoms with E-state index in [1.165, 1.54) is 12.8 Å². The normalized spacial score (nSPS) is 17.3. The zero-order valence-electron chi connectivity index (χ0n) is 6.43. The number of ether oxygens (including phenoxy) is 1. The van der Waals surface area contributed by atoms with Gasteiger partial charge in [-0.05, 0) is 18.8 Å². The van der Waals surface area contributed by atoms with Crippen molar-refractivity contribution in [3.05, 3.63) is 0 Å². The highest BCUT2D eigenvalue weighted by molar-refractivity contribution is 5.79. The molecule has 58 valence electrons. The van der Waals surface area contributed by atoms with Crippen molar-refractivity contribution in [2.75, 3.05) is 13.2 Å². The van der Waals surface area contributed by atoms with Crippen LogP contribution < -0.4 is 0 Å². The lowest BCUT2D eigenvalue weighted by Crippen LogP contribution is -2.08. The lowest BCUT2D eigenvalue weighted by atomic mass is 10.3. The second kappa shape index (κ2) is 3.71. The first-order valence-electron chi connectivity index (χ1n) is 3.92. The van der Waals surface area contributed by atoms with E-state index in [0.29, 0.717) is 13.0 Å². The van der Waals surface area contributed by atoms with Gasteiger partial charge in [0.25, 0.3) is 0 Å². The van der Waals surface area contributed by atoms with Gasteiger partial charge in [-0.3, -0.25) is 4.79 Å². The number of rotatable bonds is 5. The first-order chi connectivity index (χ1) is 4.83. The van der Waals surface area contributed by atoms with Gasteiger partial charge in [-0.1, -0.05) is 6.92 Å². The van der Waals surface area contributed by atoms with Gasteiger partial charge in [-0.25, -0.2) is 0 Å².